The first kappa shape index (κ1) is 64.2. The van der Waals surface area contributed by atoms with Crippen LogP contribution in [0.5, 0.6) is 0 Å². The first-order valence-corrected chi connectivity index (χ1v) is 28.2. The SMILES string of the molecule is CC(=O)N[C@H]1CNC(=O)c2cc(cn2C)NC(=O)c2cc(cn2C)NC(=O)c2nc(cn2C)NC(=O)c2nc(cn2C)NC(=O)C[C@@H](NC(C)=O)CNC(=O)c2cc(cn2C)NC(=O)c2cc(cn2C)NC(=O)c2cc(cn2C)NC(=O)c2cc(cn2C)NC(=O)C1. The van der Waals surface area contributed by atoms with Gasteiger partial charge in [-0.05, 0) is 36.4 Å². The van der Waals surface area contributed by atoms with Gasteiger partial charge < -0.3 is 100 Å². The van der Waals surface area contributed by atoms with Gasteiger partial charge in [0.05, 0.1) is 46.2 Å². The van der Waals surface area contributed by atoms with Crippen molar-refractivity contribution in [1.82, 2.24) is 67.8 Å². The first-order valence-electron chi connectivity index (χ1n) is 28.2. The van der Waals surface area contributed by atoms with E-state index in [0.29, 0.717) is 0 Å². The highest BCUT2D eigenvalue weighted by atomic mass is 16.2. The molecule has 0 unspecified atom stereocenters. The van der Waals surface area contributed by atoms with Crippen molar-refractivity contribution >= 4 is 117 Å². The number of hydrogen-bond acceptors (Lipinski definition) is 14. The van der Waals surface area contributed by atoms with E-state index in [9.17, 15) is 57.5 Å². The zero-order valence-electron chi connectivity index (χ0n) is 51.4. The molecule has 0 saturated heterocycles. The molecule has 0 fully saturated rings. The molecule has 0 radical (unpaired) electrons. The van der Waals surface area contributed by atoms with Crippen molar-refractivity contribution < 1.29 is 57.5 Å². The fourth-order valence-corrected chi connectivity index (χ4v) is 10.2. The maximum Gasteiger partial charge on any atom is 0.292 e. The molecule has 34 nitrogen and oxygen atoms in total. The zero-order chi connectivity index (χ0) is 66.6. The number of aromatic nitrogens is 10. The van der Waals surface area contributed by atoms with Crippen molar-refractivity contribution in [3.63, 3.8) is 0 Å². The Labute approximate surface area is 522 Å². The Morgan fingerprint density at radius 1 is 0.348 bits per heavy atom. The summed E-state index contributed by atoms with van der Waals surface area (Å²) in [6.45, 7) is 2.09. The lowest BCUT2D eigenvalue weighted by Gasteiger charge is -2.18. The van der Waals surface area contributed by atoms with Crippen LogP contribution in [0.15, 0.2) is 86.0 Å². The Morgan fingerprint density at radius 3 is 0.924 bits per heavy atom. The number of rotatable bonds is 2. The molecule has 8 aromatic rings. The second-order valence-electron chi connectivity index (χ2n) is 21.9. The van der Waals surface area contributed by atoms with E-state index in [0.717, 1.165) is 0 Å². The number of anilines is 8. The van der Waals surface area contributed by atoms with E-state index >= 15 is 0 Å². The van der Waals surface area contributed by atoms with E-state index < -0.39 is 83.0 Å². The summed E-state index contributed by atoms with van der Waals surface area (Å²) >= 11 is 0. The molecule has 2 atom stereocenters. The van der Waals surface area contributed by atoms with Crippen molar-refractivity contribution in [1.29, 1.82) is 0 Å². The molecular weight excluding hydrogens is 1200 g/mol. The molecule has 12 N–H and O–H groups in total. The summed E-state index contributed by atoms with van der Waals surface area (Å²) in [5, 5.41) is 32.3. The van der Waals surface area contributed by atoms with E-state index in [2.05, 4.69) is 73.8 Å². The molecule has 1 aliphatic heterocycles. The Kier molecular flexibility index (Phi) is 18.6. The summed E-state index contributed by atoms with van der Waals surface area (Å²) in [5.41, 5.74) is 2.15. The van der Waals surface area contributed by atoms with Gasteiger partial charge >= 0.3 is 0 Å². The molecule has 9 heterocycles. The van der Waals surface area contributed by atoms with E-state index in [-0.39, 0.29) is 118 Å². The Balaban J connectivity index is 0.919. The lowest BCUT2D eigenvalue weighted by molar-refractivity contribution is -0.122. The molecule has 0 saturated carbocycles. The maximum atomic E-state index is 13.6. The molecular formula is C58H66N22O12. The summed E-state index contributed by atoms with van der Waals surface area (Å²) < 4.78 is 11.5. The van der Waals surface area contributed by atoms with Gasteiger partial charge in [-0.15, -0.1) is 0 Å². The van der Waals surface area contributed by atoms with Crippen LogP contribution in [0, 0.1) is 0 Å². The first-order chi connectivity index (χ1) is 43.5. The van der Waals surface area contributed by atoms with Crippen LogP contribution in [0.25, 0.3) is 0 Å². The average molecular weight is 1260 g/mol. The fourth-order valence-electron chi connectivity index (χ4n) is 10.2. The van der Waals surface area contributed by atoms with Crippen LogP contribution in [0.1, 0.15) is 111 Å². The number of imidazole rings is 2. The number of carbonyl (C=O) groups excluding carboxylic acids is 12. The Bertz CT molecular complexity index is 4050. The third kappa shape index (κ3) is 15.2. The molecule has 1 aliphatic rings. The van der Waals surface area contributed by atoms with Gasteiger partial charge in [0.25, 0.3) is 47.3 Å². The normalized spacial score (nSPS) is 16.3. The van der Waals surface area contributed by atoms with Crippen molar-refractivity contribution in [2.45, 2.75) is 38.8 Å². The molecule has 9 rings (SSSR count). The van der Waals surface area contributed by atoms with Crippen molar-refractivity contribution in [3.8, 4) is 0 Å². The summed E-state index contributed by atoms with van der Waals surface area (Å²) in [5.74, 6) is -7.55. The van der Waals surface area contributed by atoms with Crippen LogP contribution in [0.2, 0.25) is 0 Å². The van der Waals surface area contributed by atoms with Gasteiger partial charge in [0, 0.05) is 146 Å². The smallest absolute Gasteiger partial charge is 0.292 e. The molecule has 92 heavy (non-hydrogen) atoms. The topological polar surface area (TPSA) is 414 Å². The van der Waals surface area contributed by atoms with Crippen LogP contribution in [0.3, 0.4) is 0 Å². The number of carbonyl (C=O) groups is 12. The van der Waals surface area contributed by atoms with Crippen LogP contribution in [0.4, 0.5) is 45.8 Å². The molecule has 480 valence electrons. The molecule has 0 aliphatic carbocycles. The molecule has 0 aromatic carbocycles. The molecule has 12 amide bonds. The highest BCUT2D eigenvalue weighted by Gasteiger charge is 2.27. The molecule has 0 spiro atoms. The lowest BCUT2D eigenvalue weighted by atomic mass is 10.2. The minimum absolute atomic E-state index is 0.0265. The maximum absolute atomic E-state index is 13.6. The number of aryl methyl sites for hydroxylation is 8. The Morgan fingerprint density at radius 2 is 0.609 bits per heavy atom. The summed E-state index contributed by atoms with van der Waals surface area (Å²) in [6, 6.07) is 6.75. The molecule has 16 bridgehead atoms. The monoisotopic (exact) mass is 1260 g/mol. The Hall–Kier alpha value is -12.3. The third-order valence-electron chi connectivity index (χ3n) is 14.4. The van der Waals surface area contributed by atoms with E-state index in [4.69, 9.17) is 0 Å². The zero-order valence-corrected chi connectivity index (χ0v) is 51.4. The second-order valence-corrected chi connectivity index (χ2v) is 21.9. The predicted octanol–water partition coefficient (Wildman–Crippen LogP) is 1.54. The fraction of sp³-hybridized carbons (Fsp3) is 0.276. The summed E-state index contributed by atoms with van der Waals surface area (Å²) in [6.07, 6.45) is 11.1. The van der Waals surface area contributed by atoms with E-state index in [1.54, 1.807) is 42.3 Å². The van der Waals surface area contributed by atoms with Crippen LogP contribution < -0.4 is 63.8 Å². The van der Waals surface area contributed by atoms with Crippen LogP contribution in [-0.2, 0) is 75.6 Å². The average Bonchev–Trinajstić information content (AvgIpc) is 2.17. The number of nitrogens with zero attached hydrogens (tertiary/aromatic N) is 10. The van der Waals surface area contributed by atoms with Gasteiger partial charge in [0.15, 0.2) is 11.6 Å². The largest absolute Gasteiger partial charge is 0.351 e. The summed E-state index contributed by atoms with van der Waals surface area (Å²) in [7, 11) is 12.5. The number of hydrogen-bond donors (Lipinski definition) is 12. The highest BCUT2D eigenvalue weighted by molar-refractivity contribution is 6.10. The van der Waals surface area contributed by atoms with Gasteiger partial charge in [-0.25, -0.2) is 9.97 Å². The van der Waals surface area contributed by atoms with Crippen molar-refractivity contribution in [3.05, 3.63) is 132 Å². The standard InChI is InChI=1S/C58H66N22O12/c1-29(81)61-31-17-47(83)63-33-11-41(75(5)21-33)53(87)66-36-14-43(77(7)24-36)55(89)67-37-15-42(76(6)25-37)54(88)64-34-12-40(74(4)22-34)52(86)60-20-32(62-30(2)82)18-48(84)69-45-27-79(9)50(70-45)58(92)72-46-28-80(10)49(71-46)57(91)68-38-16-44(78(8)26-38)56(90)65-35-13-39(73(3)23-35)51(85)59-19-31/h11-16,21-28,31-32H,17-20H2,1-10H3,(H,59,85)(H,60,86)(H,61,81)(H,62,82)(H,63,83)(H,64,88)(H,65,90)(H,66,87)(H,67,89)(H,68,91)(H,69,84)(H,72,92)/t31-,32-/m1/s1. The number of fused-ring (bicyclic) bond motifs is 16. The van der Waals surface area contributed by atoms with Crippen LogP contribution in [-0.4, -0.2) is 143 Å². The second kappa shape index (κ2) is 26.6. The van der Waals surface area contributed by atoms with Crippen molar-refractivity contribution in [2.75, 3.05) is 55.6 Å². The minimum atomic E-state index is -0.920. The van der Waals surface area contributed by atoms with Crippen molar-refractivity contribution in [2.24, 2.45) is 56.4 Å². The predicted molar refractivity (Wildman–Crippen MR) is 333 cm³/mol. The van der Waals surface area contributed by atoms with Gasteiger partial charge in [-0.2, -0.15) is 0 Å². The van der Waals surface area contributed by atoms with E-state index in [1.165, 1.54) is 150 Å². The minimum Gasteiger partial charge on any atom is -0.351 e. The molecule has 8 aromatic heterocycles. The van der Waals surface area contributed by atoms with Gasteiger partial charge in [0.1, 0.15) is 34.2 Å². The number of amides is 12. The quantitative estimate of drug-likeness (QED) is 0.117. The summed E-state index contributed by atoms with van der Waals surface area (Å²) in [4.78, 5) is 168. The molecule has 34 heteroatoms. The van der Waals surface area contributed by atoms with Crippen LogP contribution >= 0.6 is 0 Å². The van der Waals surface area contributed by atoms with Gasteiger partial charge in [0.2, 0.25) is 35.3 Å². The lowest BCUT2D eigenvalue weighted by Crippen LogP contribution is -2.45. The van der Waals surface area contributed by atoms with E-state index in [1.807, 2.05) is 0 Å². The van der Waals surface area contributed by atoms with Gasteiger partial charge in [-0.1, -0.05) is 0 Å². The highest BCUT2D eigenvalue weighted by Crippen LogP contribution is 2.24. The number of nitrogens with one attached hydrogen (secondary N) is 12. The third-order valence-corrected chi connectivity index (χ3v) is 14.4. The van der Waals surface area contributed by atoms with Gasteiger partial charge in [-0.3, -0.25) is 57.5 Å².